The lowest BCUT2D eigenvalue weighted by Crippen LogP contribution is -2.23. The summed E-state index contributed by atoms with van der Waals surface area (Å²) in [7, 11) is 3.15. The number of rotatable bonds is 6. The van der Waals surface area contributed by atoms with Gasteiger partial charge in [0.1, 0.15) is 0 Å². The Morgan fingerprint density at radius 3 is 2.17 bits per heavy atom. The maximum atomic E-state index is 10.6. The van der Waals surface area contributed by atoms with Crippen molar-refractivity contribution in [3.05, 3.63) is 0 Å². The minimum absolute atomic E-state index is 0.113. The average molecular weight is 175 g/mol. The SMILES string of the molecule is COC(CCC(C)C(N)=O)OC. The summed E-state index contributed by atoms with van der Waals surface area (Å²) in [6.45, 7) is 1.80. The number of primary amides is 1. The van der Waals surface area contributed by atoms with Gasteiger partial charge in [-0.2, -0.15) is 0 Å². The van der Waals surface area contributed by atoms with E-state index in [1.54, 1.807) is 21.1 Å². The van der Waals surface area contributed by atoms with Crippen LogP contribution < -0.4 is 5.73 Å². The molecule has 72 valence electrons. The highest BCUT2D eigenvalue weighted by Gasteiger charge is 2.12. The van der Waals surface area contributed by atoms with Gasteiger partial charge in [-0.05, 0) is 12.8 Å². The summed E-state index contributed by atoms with van der Waals surface area (Å²) in [5, 5.41) is 0. The summed E-state index contributed by atoms with van der Waals surface area (Å²) >= 11 is 0. The second-order valence-electron chi connectivity index (χ2n) is 2.78. The first-order chi connectivity index (χ1) is 5.61. The van der Waals surface area contributed by atoms with Crippen LogP contribution in [0, 0.1) is 5.92 Å². The summed E-state index contributed by atoms with van der Waals surface area (Å²) in [6, 6.07) is 0. The lowest BCUT2D eigenvalue weighted by atomic mass is 10.1. The van der Waals surface area contributed by atoms with E-state index in [9.17, 15) is 4.79 Å². The zero-order valence-electron chi connectivity index (χ0n) is 7.87. The molecule has 4 nitrogen and oxygen atoms in total. The van der Waals surface area contributed by atoms with Crippen molar-refractivity contribution in [3.8, 4) is 0 Å². The Labute approximate surface area is 73.0 Å². The molecule has 4 heteroatoms. The van der Waals surface area contributed by atoms with Crippen molar-refractivity contribution < 1.29 is 14.3 Å². The molecule has 0 saturated heterocycles. The molecule has 0 aliphatic carbocycles. The van der Waals surface area contributed by atoms with Crippen LogP contribution in [0.15, 0.2) is 0 Å². The highest BCUT2D eigenvalue weighted by Crippen LogP contribution is 2.09. The number of amides is 1. The largest absolute Gasteiger partial charge is 0.369 e. The van der Waals surface area contributed by atoms with Gasteiger partial charge < -0.3 is 15.2 Å². The van der Waals surface area contributed by atoms with Crippen LogP contribution in [0.1, 0.15) is 19.8 Å². The van der Waals surface area contributed by atoms with E-state index in [1.165, 1.54) is 0 Å². The zero-order chi connectivity index (χ0) is 9.56. The van der Waals surface area contributed by atoms with Crippen molar-refractivity contribution in [2.75, 3.05) is 14.2 Å². The van der Waals surface area contributed by atoms with E-state index in [4.69, 9.17) is 15.2 Å². The van der Waals surface area contributed by atoms with Crippen LogP contribution in [-0.4, -0.2) is 26.4 Å². The molecule has 1 amide bonds. The molecule has 12 heavy (non-hydrogen) atoms. The molecule has 0 radical (unpaired) electrons. The number of nitrogens with two attached hydrogens (primary N) is 1. The Balaban J connectivity index is 3.58. The first-order valence-electron chi connectivity index (χ1n) is 3.96. The van der Waals surface area contributed by atoms with E-state index >= 15 is 0 Å². The molecule has 0 aromatic carbocycles. The summed E-state index contributed by atoms with van der Waals surface area (Å²) in [5.41, 5.74) is 5.08. The predicted octanol–water partition coefficient (Wildman–Crippen LogP) is 0.507. The normalized spacial score (nSPS) is 13.3. The van der Waals surface area contributed by atoms with E-state index in [0.717, 1.165) is 0 Å². The molecule has 0 aliphatic rings. The Bertz CT molecular complexity index is 134. The third-order valence-corrected chi connectivity index (χ3v) is 1.85. The first kappa shape index (κ1) is 11.4. The van der Waals surface area contributed by atoms with Gasteiger partial charge in [-0.15, -0.1) is 0 Å². The van der Waals surface area contributed by atoms with Crippen LogP contribution in [0.2, 0.25) is 0 Å². The van der Waals surface area contributed by atoms with Gasteiger partial charge in [-0.1, -0.05) is 6.92 Å². The maximum absolute atomic E-state index is 10.6. The van der Waals surface area contributed by atoms with Crippen molar-refractivity contribution in [2.24, 2.45) is 11.7 Å². The molecule has 1 unspecified atom stereocenters. The Hall–Kier alpha value is -0.610. The fourth-order valence-electron chi connectivity index (χ4n) is 0.860. The summed E-state index contributed by atoms with van der Waals surface area (Å²) in [4.78, 5) is 10.6. The molecule has 1 atom stereocenters. The number of ether oxygens (including phenoxy) is 2. The number of methoxy groups -OCH3 is 2. The average Bonchev–Trinajstić information content (AvgIpc) is 2.05. The molecular formula is C8H17NO3. The summed E-state index contributed by atoms with van der Waals surface area (Å²) in [6.07, 6.45) is 1.16. The van der Waals surface area contributed by atoms with Gasteiger partial charge in [0, 0.05) is 20.1 Å². The van der Waals surface area contributed by atoms with Crippen molar-refractivity contribution in [1.29, 1.82) is 0 Å². The number of hydrogen-bond acceptors (Lipinski definition) is 3. The highest BCUT2D eigenvalue weighted by atomic mass is 16.7. The van der Waals surface area contributed by atoms with Crippen LogP contribution in [0.3, 0.4) is 0 Å². The zero-order valence-corrected chi connectivity index (χ0v) is 7.87. The summed E-state index contributed by atoms with van der Waals surface area (Å²) in [5.74, 6) is -0.390. The molecule has 0 heterocycles. The van der Waals surface area contributed by atoms with E-state index < -0.39 is 0 Å². The van der Waals surface area contributed by atoms with Gasteiger partial charge in [-0.3, -0.25) is 4.79 Å². The minimum Gasteiger partial charge on any atom is -0.369 e. The van der Waals surface area contributed by atoms with E-state index in [2.05, 4.69) is 0 Å². The van der Waals surface area contributed by atoms with Crippen LogP contribution in [-0.2, 0) is 14.3 Å². The molecule has 0 aromatic heterocycles. The monoisotopic (exact) mass is 175 g/mol. The number of carbonyl (C=O) groups is 1. The summed E-state index contributed by atoms with van der Waals surface area (Å²) < 4.78 is 9.91. The van der Waals surface area contributed by atoms with Crippen LogP contribution >= 0.6 is 0 Å². The predicted molar refractivity (Wildman–Crippen MR) is 45.4 cm³/mol. The van der Waals surface area contributed by atoms with E-state index in [-0.39, 0.29) is 18.1 Å². The third kappa shape index (κ3) is 4.31. The quantitative estimate of drug-likeness (QED) is 0.598. The number of hydrogen-bond donors (Lipinski definition) is 1. The van der Waals surface area contributed by atoms with Crippen LogP contribution in [0.25, 0.3) is 0 Å². The molecule has 0 aromatic rings. The Morgan fingerprint density at radius 2 is 1.83 bits per heavy atom. The minimum atomic E-state index is -0.277. The molecule has 0 rings (SSSR count). The molecule has 0 aliphatic heterocycles. The Kier molecular flexibility index (Phi) is 5.66. The fraction of sp³-hybridized carbons (Fsp3) is 0.875. The maximum Gasteiger partial charge on any atom is 0.220 e. The Morgan fingerprint density at radius 1 is 1.33 bits per heavy atom. The number of carbonyl (C=O) groups excluding carboxylic acids is 1. The smallest absolute Gasteiger partial charge is 0.220 e. The molecule has 0 bridgehead atoms. The fourth-order valence-corrected chi connectivity index (χ4v) is 0.860. The molecule has 0 fully saturated rings. The van der Waals surface area contributed by atoms with Crippen molar-refractivity contribution >= 4 is 5.91 Å². The van der Waals surface area contributed by atoms with Gasteiger partial charge in [0.25, 0.3) is 0 Å². The van der Waals surface area contributed by atoms with Crippen molar-refractivity contribution in [1.82, 2.24) is 0 Å². The van der Waals surface area contributed by atoms with Gasteiger partial charge in [-0.25, -0.2) is 0 Å². The first-order valence-corrected chi connectivity index (χ1v) is 3.96. The van der Waals surface area contributed by atoms with Crippen LogP contribution in [0.5, 0.6) is 0 Å². The molecule has 0 saturated carbocycles. The standard InChI is InChI=1S/C8H17NO3/c1-6(8(9)10)4-5-7(11-2)12-3/h6-7H,4-5H2,1-3H3,(H2,9,10). The van der Waals surface area contributed by atoms with Gasteiger partial charge in [0.15, 0.2) is 6.29 Å². The van der Waals surface area contributed by atoms with Gasteiger partial charge >= 0.3 is 0 Å². The lowest BCUT2D eigenvalue weighted by molar-refractivity contribution is -0.124. The van der Waals surface area contributed by atoms with Gasteiger partial charge in [0.2, 0.25) is 5.91 Å². The third-order valence-electron chi connectivity index (χ3n) is 1.85. The topological polar surface area (TPSA) is 61.5 Å². The van der Waals surface area contributed by atoms with Gasteiger partial charge in [0.05, 0.1) is 0 Å². The molecule has 0 spiro atoms. The van der Waals surface area contributed by atoms with Crippen LogP contribution in [0.4, 0.5) is 0 Å². The highest BCUT2D eigenvalue weighted by molar-refractivity contribution is 5.76. The van der Waals surface area contributed by atoms with E-state index in [1.807, 2.05) is 0 Å². The second-order valence-corrected chi connectivity index (χ2v) is 2.78. The van der Waals surface area contributed by atoms with Crippen molar-refractivity contribution in [2.45, 2.75) is 26.1 Å². The second kappa shape index (κ2) is 5.97. The van der Waals surface area contributed by atoms with Crippen molar-refractivity contribution in [3.63, 3.8) is 0 Å². The lowest BCUT2D eigenvalue weighted by Gasteiger charge is -2.14. The molecular weight excluding hydrogens is 158 g/mol. The molecule has 2 N–H and O–H groups in total. The van der Waals surface area contributed by atoms with E-state index in [0.29, 0.717) is 12.8 Å².